The lowest BCUT2D eigenvalue weighted by Crippen LogP contribution is -2.20. The molecule has 0 aliphatic heterocycles. The van der Waals surface area contributed by atoms with Crippen molar-refractivity contribution in [3.05, 3.63) is 76.6 Å². The molecule has 0 amide bonds. The molecule has 3 heterocycles. The van der Waals surface area contributed by atoms with Gasteiger partial charge in [-0.1, -0.05) is 24.3 Å². The fraction of sp³-hybridized carbons (Fsp3) is 0.136. The van der Waals surface area contributed by atoms with Gasteiger partial charge in [-0.3, -0.25) is 9.36 Å². The molecule has 0 bridgehead atoms. The number of nitrogens with two attached hydrogens (primary N) is 2. The number of para-hydroxylation sites is 1. The zero-order valence-corrected chi connectivity index (χ0v) is 16.9. The average Bonchev–Trinajstić information content (AvgIpc) is 3.16. The molecular weight excluding hydrogens is 392 g/mol. The largest absolute Gasteiger partial charge is 0.382 e. The van der Waals surface area contributed by atoms with Crippen molar-refractivity contribution >= 4 is 33.8 Å². The number of aromatic nitrogens is 6. The number of nitrogen functional groups attached to an aromatic ring is 2. The highest BCUT2D eigenvalue weighted by Crippen LogP contribution is 2.20. The van der Waals surface area contributed by atoms with E-state index in [1.54, 1.807) is 23.3 Å². The van der Waals surface area contributed by atoms with Crippen LogP contribution in [0.25, 0.3) is 27.8 Å². The normalized spacial score (nSPS) is 11.4. The molecule has 3 aromatic heterocycles. The Morgan fingerprint density at radius 1 is 1.00 bits per heavy atom. The van der Waals surface area contributed by atoms with E-state index in [9.17, 15) is 4.79 Å². The number of aryl methyl sites for hydroxylation is 3. The zero-order chi connectivity index (χ0) is 21.5. The standard InChI is InChI=1S/C22H20N8O/c1-13-6-7-14(8-9-29-11-26-18-19(23)27-22(24)28-20(18)29)17(10-13)30-12-25-16-5-3-2-4-15(16)21(30)31/h2-7,10-12H,8-9H2,1H3,(H4,23,24,27,28). The van der Waals surface area contributed by atoms with Gasteiger partial charge in [0, 0.05) is 6.54 Å². The third-order valence-corrected chi connectivity index (χ3v) is 5.30. The Hall–Kier alpha value is -4.27. The molecule has 0 radical (unpaired) electrons. The topological polar surface area (TPSA) is 131 Å². The van der Waals surface area contributed by atoms with E-state index in [0.29, 0.717) is 35.0 Å². The Labute approximate surface area is 177 Å². The average molecular weight is 412 g/mol. The molecule has 0 atom stereocenters. The number of fused-ring (bicyclic) bond motifs is 2. The Morgan fingerprint density at radius 3 is 2.71 bits per heavy atom. The monoisotopic (exact) mass is 412 g/mol. The molecule has 0 unspecified atom stereocenters. The summed E-state index contributed by atoms with van der Waals surface area (Å²) in [6.07, 6.45) is 3.90. The summed E-state index contributed by atoms with van der Waals surface area (Å²) in [4.78, 5) is 30.1. The minimum atomic E-state index is -0.0983. The fourth-order valence-corrected chi connectivity index (χ4v) is 3.74. The molecule has 0 saturated carbocycles. The first kappa shape index (κ1) is 18.7. The van der Waals surface area contributed by atoms with Crippen molar-refractivity contribution in [2.75, 3.05) is 11.5 Å². The lowest BCUT2D eigenvalue weighted by molar-refractivity contribution is 0.705. The van der Waals surface area contributed by atoms with E-state index in [4.69, 9.17) is 11.5 Å². The van der Waals surface area contributed by atoms with E-state index < -0.39 is 0 Å². The molecule has 4 N–H and O–H groups in total. The van der Waals surface area contributed by atoms with Crippen LogP contribution in [0.2, 0.25) is 0 Å². The van der Waals surface area contributed by atoms with Crippen molar-refractivity contribution < 1.29 is 0 Å². The summed E-state index contributed by atoms with van der Waals surface area (Å²) in [5.74, 6) is 0.364. The van der Waals surface area contributed by atoms with E-state index in [1.165, 1.54) is 0 Å². The maximum Gasteiger partial charge on any atom is 0.265 e. The Kier molecular flexibility index (Phi) is 4.36. The number of rotatable bonds is 4. The smallest absolute Gasteiger partial charge is 0.265 e. The number of anilines is 2. The van der Waals surface area contributed by atoms with Crippen LogP contribution in [0.5, 0.6) is 0 Å². The maximum atomic E-state index is 13.1. The van der Waals surface area contributed by atoms with Crippen molar-refractivity contribution in [1.29, 1.82) is 0 Å². The molecule has 0 saturated heterocycles. The van der Waals surface area contributed by atoms with Gasteiger partial charge >= 0.3 is 0 Å². The van der Waals surface area contributed by atoms with Crippen LogP contribution in [0.15, 0.2) is 59.9 Å². The number of benzene rings is 2. The highest BCUT2D eigenvalue weighted by molar-refractivity contribution is 5.82. The number of hydrogen-bond donors (Lipinski definition) is 2. The highest BCUT2D eigenvalue weighted by atomic mass is 16.1. The second-order valence-electron chi connectivity index (χ2n) is 7.40. The number of hydrogen-bond acceptors (Lipinski definition) is 7. The Morgan fingerprint density at radius 2 is 1.84 bits per heavy atom. The van der Waals surface area contributed by atoms with Gasteiger partial charge in [0.15, 0.2) is 11.5 Å². The lowest BCUT2D eigenvalue weighted by atomic mass is 10.1. The van der Waals surface area contributed by atoms with Crippen LogP contribution in [0, 0.1) is 6.92 Å². The SMILES string of the molecule is Cc1ccc(CCn2cnc3c(N)nc(N)nc32)c(-n2cnc3ccccc3c2=O)c1. The molecule has 9 nitrogen and oxygen atoms in total. The molecule has 5 rings (SSSR count). The third kappa shape index (κ3) is 3.25. The number of nitrogens with zero attached hydrogens (tertiary/aromatic N) is 6. The predicted molar refractivity (Wildman–Crippen MR) is 120 cm³/mol. The molecule has 0 aliphatic carbocycles. The quantitative estimate of drug-likeness (QED) is 0.463. The number of imidazole rings is 1. The molecule has 31 heavy (non-hydrogen) atoms. The summed E-state index contributed by atoms with van der Waals surface area (Å²) in [7, 11) is 0. The van der Waals surface area contributed by atoms with Gasteiger partial charge in [0.2, 0.25) is 5.95 Å². The van der Waals surface area contributed by atoms with Crippen LogP contribution in [-0.2, 0) is 13.0 Å². The first-order valence-corrected chi connectivity index (χ1v) is 9.81. The summed E-state index contributed by atoms with van der Waals surface area (Å²) in [5.41, 5.74) is 16.2. The Bertz CT molecular complexity index is 1500. The minimum Gasteiger partial charge on any atom is -0.382 e. The zero-order valence-electron chi connectivity index (χ0n) is 16.9. The van der Waals surface area contributed by atoms with Gasteiger partial charge in [-0.15, -0.1) is 0 Å². The van der Waals surface area contributed by atoms with E-state index in [1.807, 2.05) is 47.9 Å². The van der Waals surface area contributed by atoms with Crippen LogP contribution in [-0.4, -0.2) is 29.1 Å². The van der Waals surface area contributed by atoms with Crippen molar-refractivity contribution in [3.8, 4) is 5.69 Å². The summed E-state index contributed by atoms with van der Waals surface area (Å²) in [5, 5.41) is 0.584. The van der Waals surface area contributed by atoms with Gasteiger partial charge in [-0.25, -0.2) is 9.97 Å². The van der Waals surface area contributed by atoms with Crippen LogP contribution in [0.1, 0.15) is 11.1 Å². The summed E-state index contributed by atoms with van der Waals surface area (Å²) >= 11 is 0. The van der Waals surface area contributed by atoms with E-state index in [-0.39, 0.29) is 17.3 Å². The highest BCUT2D eigenvalue weighted by Gasteiger charge is 2.13. The second-order valence-corrected chi connectivity index (χ2v) is 7.40. The molecule has 2 aromatic carbocycles. The van der Waals surface area contributed by atoms with Crippen LogP contribution < -0.4 is 17.0 Å². The first-order valence-electron chi connectivity index (χ1n) is 9.81. The Balaban J connectivity index is 1.55. The lowest BCUT2D eigenvalue weighted by Gasteiger charge is -2.14. The molecule has 0 spiro atoms. The van der Waals surface area contributed by atoms with Gasteiger partial charge in [-0.2, -0.15) is 9.97 Å². The van der Waals surface area contributed by atoms with Gasteiger partial charge in [0.25, 0.3) is 5.56 Å². The van der Waals surface area contributed by atoms with Crippen molar-refractivity contribution in [2.45, 2.75) is 19.9 Å². The minimum absolute atomic E-state index is 0.0983. The fourth-order valence-electron chi connectivity index (χ4n) is 3.74. The molecule has 0 fully saturated rings. The summed E-state index contributed by atoms with van der Waals surface area (Å²) in [6, 6.07) is 13.4. The van der Waals surface area contributed by atoms with Crippen LogP contribution >= 0.6 is 0 Å². The van der Waals surface area contributed by atoms with E-state index >= 15 is 0 Å². The van der Waals surface area contributed by atoms with Gasteiger partial charge in [-0.05, 0) is 42.7 Å². The third-order valence-electron chi connectivity index (χ3n) is 5.30. The van der Waals surface area contributed by atoms with Crippen molar-refractivity contribution in [2.24, 2.45) is 0 Å². The molecule has 5 aromatic rings. The van der Waals surface area contributed by atoms with Crippen molar-refractivity contribution in [1.82, 2.24) is 29.1 Å². The van der Waals surface area contributed by atoms with Gasteiger partial charge < -0.3 is 16.0 Å². The maximum absolute atomic E-state index is 13.1. The summed E-state index contributed by atoms with van der Waals surface area (Å²) in [6.45, 7) is 2.58. The predicted octanol–water partition coefficient (Wildman–Crippen LogP) is 2.24. The molecule has 9 heteroatoms. The molecular formula is C22H20N8O. The van der Waals surface area contributed by atoms with Crippen LogP contribution in [0.3, 0.4) is 0 Å². The van der Waals surface area contributed by atoms with E-state index in [0.717, 1.165) is 16.8 Å². The second kappa shape index (κ2) is 7.21. The molecule has 0 aliphatic rings. The van der Waals surface area contributed by atoms with Crippen LogP contribution in [0.4, 0.5) is 11.8 Å². The summed E-state index contributed by atoms with van der Waals surface area (Å²) < 4.78 is 3.49. The first-order chi connectivity index (χ1) is 15.0. The molecule has 154 valence electrons. The van der Waals surface area contributed by atoms with Gasteiger partial charge in [0.05, 0.1) is 22.9 Å². The van der Waals surface area contributed by atoms with E-state index in [2.05, 4.69) is 19.9 Å². The van der Waals surface area contributed by atoms with Gasteiger partial charge in [0.1, 0.15) is 11.8 Å². The van der Waals surface area contributed by atoms with Crippen molar-refractivity contribution in [3.63, 3.8) is 0 Å².